The SMILES string of the molecule is Cc1ccc(NC(=O)C(=O)N[C@H]2CCN(C=O)C[C@H]2NC(=O)c2nc3c(s2)CN(C)CC3)s1.Cl. The number of likely N-dealkylation sites (tertiary alicyclic amines) is 1. The van der Waals surface area contributed by atoms with Crippen LogP contribution >= 0.6 is 35.1 Å². The quantitative estimate of drug-likeness (QED) is 0.394. The Kier molecular flexibility index (Phi) is 8.63. The largest absolute Gasteiger partial charge is 0.343 e. The molecule has 0 radical (unpaired) electrons. The van der Waals surface area contributed by atoms with Crippen molar-refractivity contribution in [3.63, 3.8) is 0 Å². The number of likely N-dealkylation sites (N-methyl/N-ethyl adjacent to an activating group) is 1. The zero-order valence-corrected chi connectivity index (χ0v) is 21.3. The summed E-state index contributed by atoms with van der Waals surface area (Å²) in [6.07, 6.45) is 1.94. The number of thiazole rings is 1. The van der Waals surface area contributed by atoms with Crippen LogP contribution in [-0.4, -0.2) is 77.7 Å². The lowest BCUT2D eigenvalue weighted by molar-refractivity contribution is -0.137. The molecule has 184 valence electrons. The van der Waals surface area contributed by atoms with Crippen LogP contribution in [0.5, 0.6) is 0 Å². The van der Waals surface area contributed by atoms with Crippen molar-refractivity contribution in [3.8, 4) is 0 Å². The summed E-state index contributed by atoms with van der Waals surface area (Å²) in [6, 6.07) is 2.56. The smallest absolute Gasteiger partial charge is 0.314 e. The standard InChI is InChI=1S/C21H26N6O4S2.ClH/c1-12-3-4-17(32-12)25-19(30)18(29)22-13-6-8-27(11-28)9-15(13)23-20(31)21-24-14-5-7-26(2)10-16(14)33-21;/h3-4,11,13,15H,5-10H2,1-2H3,(H,22,29)(H,23,31)(H,25,30);1H/t13-,15+;/m0./s1. The van der Waals surface area contributed by atoms with Gasteiger partial charge in [-0.2, -0.15) is 0 Å². The molecule has 2 aliphatic heterocycles. The van der Waals surface area contributed by atoms with Gasteiger partial charge in [-0.1, -0.05) is 0 Å². The number of hydrogen-bond donors (Lipinski definition) is 3. The number of anilines is 1. The van der Waals surface area contributed by atoms with Crippen molar-refractivity contribution >= 4 is 64.2 Å². The monoisotopic (exact) mass is 526 g/mol. The molecule has 0 aromatic carbocycles. The second-order valence-electron chi connectivity index (χ2n) is 8.29. The summed E-state index contributed by atoms with van der Waals surface area (Å²) in [5, 5.41) is 9.19. The molecule has 3 N–H and O–H groups in total. The summed E-state index contributed by atoms with van der Waals surface area (Å²) in [5.74, 6) is -1.89. The van der Waals surface area contributed by atoms with Crippen molar-refractivity contribution < 1.29 is 19.2 Å². The van der Waals surface area contributed by atoms with Gasteiger partial charge in [0.1, 0.15) is 0 Å². The molecule has 13 heteroatoms. The number of hydrogen-bond acceptors (Lipinski definition) is 8. The summed E-state index contributed by atoms with van der Waals surface area (Å²) >= 11 is 2.74. The molecular weight excluding hydrogens is 500 g/mol. The van der Waals surface area contributed by atoms with Crippen LogP contribution in [0.25, 0.3) is 0 Å². The third-order valence-electron chi connectivity index (χ3n) is 5.73. The second kappa shape index (κ2) is 11.3. The van der Waals surface area contributed by atoms with E-state index in [0.29, 0.717) is 23.0 Å². The number of halogens is 1. The lowest BCUT2D eigenvalue weighted by Crippen LogP contribution is -2.61. The minimum Gasteiger partial charge on any atom is -0.343 e. The Morgan fingerprint density at radius 3 is 2.62 bits per heavy atom. The van der Waals surface area contributed by atoms with E-state index in [1.54, 1.807) is 11.0 Å². The Bertz CT molecular complexity index is 1070. The maximum absolute atomic E-state index is 12.9. The van der Waals surface area contributed by atoms with Crippen molar-refractivity contribution in [2.45, 2.75) is 38.4 Å². The topological polar surface area (TPSA) is 124 Å². The van der Waals surface area contributed by atoms with E-state index in [2.05, 4.69) is 25.8 Å². The molecule has 0 spiro atoms. The number of nitrogens with zero attached hydrogens (tertiary/aromatic N) is 3. The number of piperidine rings is 1. The van der Waals surface area contributed by atoms with Gasteiger partial charge in [0.25, 0.3) is 5.91 Å². The average Bonchev–Trinajstić information content (AvgIpc) is 3.40. The molecule has 10 nitrogen and oxygen atoms in total. The highest BCUT2D eigenvalue weighted by molar-refractivity contribution is 7.16. The lowest BCUT2D eigenvalue weighted by atomic mass is 9.99. The van der Waals surface area contributed by atoms with Crippen LogP contribution in [0.15, 0.2) is 12.1 Å². The van der Waals surface area contributed by atoms with E-state index in [0.717, 1.165) is 41.4 Å². The van der Waals surface area contributed by atoms with E-state index in [1.807, 2.05) is 20.0 Å². The van der Waals surface area contributed by atoms with Crippen LogP contribution in [0.1, 0.15) is 31.7 Å². The number of carbonyl (C=O) groups is 4. The van der Waals surface area contributed by atoms with Gasteiger partial charge >= 0.3 is 11.8 Å². The number of fused-ring (bicyclic) bond motifs is 1. The van der Waals surface area contributed by atoms with E-state index < -0.39 is 23.9 Å². The predicted molar refractivity (Wildman–Crippen MR) is 133 cm³/mol. The number of carbonyl (C=O) groups excluding carboxylic acids is 4. The molecule has 1 fully saturated rings. The van der Waals surface area contributed by atoms with E-state index in [9.17, 15) is 19.2 Å². The van der Waals surface area contributed by atoms with Crippen molar-refractivity contribution in [1.82, 2.24) is 25.4 Å². The van der Waals surface area contributed by atoms with E-state index in [1.165, 1.54) is 22.7 Å². The summed E-state index contributed by atoms with van der Waals surface area (Å²) < 4.78 is 0. The Hall–Kier alpha value is -2.54. The molecule has 4 rings (SSSR count). The predicted octanol–water partition coefficient (Wildman–Crippen LogP) is 1.01. The molecule has 1 saturated heterocycles. The number of aryl methyl sites for hydroxylation is 1. The first-order valence-electron chi connectivity index (χ1n) is 10.7. The van der Waals surface area contributed by atoms with Crippen LogP contribution in [0.2, 0.25) is 0 Å². The summed E-state index contributed by atoms with van der Waals surface area (Å²) in [7, 11) is 2.03. The van der Waals surface area contributed by atoms with Gasteiger partial charge in [-0.15, -0.1) is 35.1 Å². The van der Waals surface area contributed by atoms with Crippen LogP contribution in [-0.2, 0) is 27.3 Å². The molecule has 0 bridgehead atoms. The number of nitrogens with one attached hydrogen (secondary N) is 3. The van der Waals surface area contributed by atoms with E-state index in [4.69, 9.17) is 0 Å². The van der Waals surface area contributed by atoms with Gasteiger partial charge in [-0.05, 0) is 32.5 Å². The van der Waals surface area contributed by atoms with Gasteiger partial charge in [0.05, 0.1) is 22.8 Å². The number of thiophene rings is 1. The molecular formula is C21H27ClN6O4S2. The third kappa shape index (κ3) is 6.12. The van der Waals surface area contributed by atoms with Crippen LogP contribution in [0.4, 0.5) is 5.00 Å². The Labute approximate surface area is 211 Å². The molecule has 4 heterocycles. The fourth-order valence-electron chi connectivity index (χ4n) is 3.95. The highest BCUT2D eigenvalue weighted by Crippen LogP contribution is 2.25. The molecule has 2 atom stereocenters. The van der Waals surface area contributed by atoms with Gasteiger partial charge in [-0.25, -0.2) is 4.98 Å². The highest BCUT2D eigenvalue weighted by atomic mass is 35.5. The Balaban J connectivity index is 0.00000324. The first-order valence-corrected chi connectivity index (χ1v) is 12.3. The van der Waals surface area contributed by atoms with Crippen LogP contribution in [0.3, 0.4) is 0 Å². The molecule has 2 aliphatic rings. The molecule has 0 unspecified atom stereocenters. The minimum absolute atomic E-state index is 0. The van der Waals surface area contributed by atoms with Crippen molar-refractivity contribution in [2.24, 2.45) is 0 Å². The first kappa shape index (κ1) is 26.1. The third-order valence-corrected chi connectivity index (χ3v) is 7.72. The Morgan fingerprint density at radius 2 is 1.91 bits per heavy atom. The minimum atomic E-state index is -0.780. The second-order valence-corrected chi connectivity index (χ2v) is 10.7. The van der Waals surface area contributed by atoms with Gasteiger partial charge in [0.15, 0.2) is 5.01 Å². The van der Waals surface area contributed by atoms with Gasteiger partial charge in [-0.3, -0.25) is 19.2 Å². The molecule has 2 aromatic rings. The molecule has 34 heavy (non-hydrogen) atoms. The van der Waals surface area contributed by atoms with Gasteiger partial charge in [0.2, 0.25) is 6.41 Å². The van der Waals surface area contributed by atoms with E-state index in [-0.39, 0.29) is 24.9 Å². The summed E-state index contributed by atoms with van der Waals surface area (Å²) in [5.41, 5.74) is 0.951. The summed E-state index contributed by atoms with van der Waals surface area (Å²) in [4.78, 5) is 59.4. The maximum Gasteiger partial charge on any atom is 0.314 e. The lowest BCUT2D eigenvalue weighted by Gasteiger charge is -2.37. The van der Waals surface area contributed by atoms with Gasteiger partial charge < -0.3 is 25.8 Å². The highest BCUT2D eigenvalue weighted by Gasteiger charge is 2.33. The zero-order valence-electron chi connectivity index (χ0n) is 18.8. The van der Waals surface area contributed by atoms with Crippen molar-refractivity contribution in [3.05, 3.63) is 32.6 Å². The molecule has 0 aliphatic carbocycles. The maximum atomic E-state index is 12.9. The molecule has 2 aromatic heterocycles. The number of aromatic nitrogens is 1. The number of amides is 4. The fourth-order valence-corrected chi connectivity index (χ4v) is 5.80. The molecule has 0 saturated carbocycles. The van der Waals surface area contributed by atoms with Crippen molar-refractivity contribution in [2.75, 3.05) is 32.0 Å². The first-order chi connectivity index (χ1) is 15.8. The van der Waals surface area contributed by atoms with Crippen LogP contribution in [0, 0.1) is 6.92 Å². The van der Waals surface area contributed by atoms with Crippen molar-refractivity contribution in [1.29, 1.82) is 0 Å². The van der Waals surface area contributed by atoms with Crippen LogP contribution < -0.4 is 16.0 Å². The normalized spacial score (nSPS) is 20.0. The summed E-state index contributed by atoms with van der Waals surface area (Å²) in [6.45, 7) is 4.23. The van der Waals surface area contributed by atoms with Gasteiger partial charge in [0, 0.05) is 42.4 Å². The zero-order chi connectivity index (χ0) is 23.5. The number of rotatable bonds is 5. The average molecular weight is 527 g/mol. The molecule has 4 amide bonds. The van der Waals surface area contributed by atoms with E-state index >= 15 is 0 Å². The Morgan fingerprint density at radius 1 is 1.12 bits per heavy atom. The fraction of sp³-hybridized carbons (Fsp3) is 0.476.